The van der Waals surface area contributed by atoms with Gasteiger partial charge in [-0.3, -0.25) is 10.1 Å². The van der Waals surface area contributed by atoms with Crippen LogP contribution in [0.5, 0.6) is 0 Å². The Balaban J connectivity index is 2.97. The highest BCUT2D eigenvalue weighted by molar-refractivity contribution is 7.98. The Morgan fingerprint density at radius 2 is 2.26 bits per heavy atom. The number of nitrogens with one attached hydrogen (secondary N) is 1. The number of nitro groups is 1. The lowest BCUT2D eigenvalue weighted by molar-refractivity contribution is -0.384. The number of thioether (sulfide) groups is 1. The maximum atomic E-state index is 10.9. The zero-order valence-electron chi connectivity index (χ0n) is 10.8. The molecular weight excluding hydrogens is 268 g/mol. The molecule has 0 aromatic heterocycles. The van der Waals surface area contributed by atoms with Gasteiger partial charge in [0.25, 0.3) is 5.69 Å². The third kappa shape index (κ3) is 4.44. The maximum Gasteiger partial charge on any atom is 0.335 e. The first-order chi connectivity index (χ1) is 8.95. The molecule has 1 aromatic rings. The molecule has 1 unspecified atom stereocenters. The number of nitro benzene ring substituents is 1. The number of rotatable bonds is 7. The van der Waals surface area contributed by atoms with Gasteiger partial charge in [-0.25, -0.2) is 4.79 Å². The number of anilines is 1. The Morgan fingerprint density at radius 1 is 1.58 bits per heavy atom. The summed E-state index contributed by atoms with van der Waals surface area (Å²) < 4.78 is 0. The van der Waals surface area contributed by atoms with Crippen molar-refractivity contribution in [3.8, 4) is 0 Å². The molecule has 0 saturated carbocycles. The van der Waals surface area contributed by atoms with E-state index in [-0.39, 0.29) is 23.0 Å². The molecule has 104 valence electrons. The SMILES string of the molecule is CSCCC(C)Nc1cc(C(=O)O)ccc1[N+](=O)[O-]. The van der Waals surface area contributed by atoms with Crippen molar-refractivity contribution < 1.29 is 14.8 Å². The molecule has 0 aliphatic heterocycles. The number of nitrogens with zero attached hydrogens (tertiary/aromatic N) is 1. The van der Waals surface area contributed by atoms with Crippen LogP contribution in [0.3, 0.4) is 0 Å². The second-order valence-electron chi connectivity index (χ2n) is 4.12. The second-order valence-corrected chi connectivity index (χ2v) is 5.11. The van der Waals surface area contributed by atoms with Crippen molar-refractivity contribution >= 4 is 29.1 Å². The van der Waals surface area contributed by atoms with E-state index in [1.54, 1.807) is 11.8 Å². The number of carbonyl (C=O) groups is 1. The van der Waals surface area contributed by atoms with Crippen LogP contribution in [0.25, 0.3) is 0 Å². The molecule has 1 atom stereocenters. The number of hydrogen-bond acceptors (Lipinski definition) is 5. The fourth-order valence-corrected chi connectivity index (χ4v) is 2.17. The predicted octanol–water partition coefficient (Wildman–Crippen LogP) is 2.85. The van der Waals surface area contributed by atoms with E-state index < -0.39 is 10.9 Å². The van der Waals surface area contributed by atoms with Crippen molar-refractivity contribution in [2.75, 3.05) is 17.3 Å². The quantitative estimate of drug-likeness (QED) is 0.591. The van der Waals surface area contributed by atoms with Crippen LogP contribution in [-0.2, 0) is 0 Å². The lowest BCUT2D eigenvalue weighted by Gasteiger charge is -2.15. The van der Waals surface area contributed by atoms with Crippen LogP contribution in [-0.4, -0.2) is 34.0 Å². The molecule has 0 bridgehead atoms. The lowest BCUT2D eigenvalue weighted by atomic mass is 10.1. The zero-order chi connectivity index (χ0) is 14.4. The van der Waals surface area contributed by atoms with Gasteiger partial charge in [0, 0.05) is 12.1 Å². The summed E-state index contributed by atoms with van der Waals surface area (Å²) in [7, 11) is 0. The van der Waals surface area contributed by atoms with Gasteiger partial charge in [-0.05, 0) is 37.5 Å². The van der Waals surface area contributed by atoms with Crippen LogP contribution in [0.2, 0.25) is 0 Å². The predicted molar refractivity (Wildman–Crippen MR) is 76.1 cm³/mol. The minimum atomic E-state index is -1.10. The Morgan fingerprint density at radius 3 is 2.79 bits per heavy atom. The number of benzene rings is 1. The van der Waals surface area contributed by atoms with Crippen LogP contribution < -0.4 is 5.32 Å². The van der Waals surface area contributed by atoms with Gasteiger partial charge in [-0.2, -0.15) is 11.8 Å². The van der Waals surface area contributed by atoms with Gasteiger partial charge in [0.1, 0.15) is 5.69 Å². The minimum absolute atomic E-state index is 0.0326. The molecule has 0 spiro atoms. The summed E-state index contributed by atoms with van der Waals surface area (Å²) in [5.74, 6) is -0.171. The summed E-state index contributed by atoms with van der Waals surface area (Å²) in [5.41, 5.74) is 0.171. The van der Waals surface area contributed by atoms with Crippen molar-refractivity contribution in [2.45, 2.75) is 19.4 Å². The Kier molecular flexibility index (Phi) is 5.62. The average molecular weight is 284 g/mol. The first-order valence-corrected chi connectivity index (χ1v) is 7.12. The molecule has 0 radical (unpaired) electrons. The van der Waals surface area contributed by atoms with Gasteiger partial charge < -0.3 is 10.4 Å². The van der Waals surface area contributed by atoms with Gasteiger partial charge in [-0.15, -0.1) is 0 Å². The van der Waals surface area contributed by atoms with E-state index >= 15 is 0 Å². The van der Waals surface area contributed by atoms with E-state index in [0.717, 1.165) is 12.2 Å². The van der Waals surface area contributed by atoms with Crippen LogP contribution in [0.15, 0.2) is 18.2 Å². The Labute approximate surface area is 115 Å². The van der Waals surface area contributed by atoms with E-state index in [1.807, 2.05) is 13.2 Å². The Hall–Kier alpha value is -1.76. The minimum Gasteiger partial charge on any atom is -0.478 e. The highest BCUT2D eigenvalue weighted by atomic mass is 32.2. The van der Waals surface area contributed by atoms with Crippen molar-refractivity contribution in [3.63, 3.8) is 0 Å². The normalized spacial score (nSPS) is 11.9. The summed E-state index contributed by atoms with van der Waals surface area (Å²) in [4.78, 5) is 21.3. The van der Waals surface area contributed by atoms with Crippen molar-refractivity contribution in [3.05, 3.63) is 33.9 Å². The molecule has 0 fully saturated rings. The molecule has 6 nitrogen and oxygen atoms in total. The zero-order valence-corrected chi connectivity index (χ0v) is 11.6. The molecule has 7 heteroatoms. The van der Waals surface area contributed by atoms with E-state index in [0.29, 0.717) is 0 Å². The first kappa shape index (κ1) is 15.3. The smallest absolute Gasteiger partial charge is 0.335 e. The monoisotopic (exact) mass is 284 g/mol. The van der Waals surface area contributed by atoms with Gasteiger partial charge in [0.15, 0.2) is 0 Å². The first-order valence-electron chi connectivity index (χ1n) is 5.73. The summed E-state index contributed by atoms with van der Waals surface area (Å²) in [6, 6.07) is 3.79. The van der Waals surface area contributed by atoms with Crippen LogP contribution >= 0.6 is 11.8 Å². The molecule has 1 rings (SSSR count). The fraction of sp³-hybridized carbons (Fsp3) is 0.417. The van der Waals surface area contributed by atoms with Crippen LogP contribution in [0.1, 0.15) is 23.7 Å². The highest BCUT2D eigenvalue weighted by Crippen LogP contribution is 2.26. The standard InChI is InChI=1S/C12H16N2O4S/c1-8(5-6-19-2)13-10-7-9(12(15)16)3-4-11(10)14(17)18/h3-4,7-8,13H,5-6H2,1-2H3,(H,15,16). The highest BCUT2D eigenvalue weighted by Gasteiger charge is 2.17. The molecule has 1 aromatic carbocycles. The third-order valence-corrected chi connectivity index (χ3v) is 3.24. The van der Waals surface area contributed by atoms with Crippen LogP contribution in [0, 0.1) is 10.1 Å². The van der Waals surface area contributed by atoms with Gasteiger partial charge in [0.05, 0.1) is 10.5 Å². The summed E-state index contributed by atoms with van der Waals surface area (Å²) in [6.07, 6.45) is 2.83. The number of hydrogen-bond donors (Lipinski definition) is 2. The van der Waals surface area contributed by atoms with E-state index in [2.05, 4.69) is 5.32 Å². The maximum absolute atomic E-state index is 10.9. The van der Waals surface area contributed by atoms with Gasteiger partial charge >= 0.3 is 5.97 Å². The van der Waals surface area contributed by atoms with Crippen LogP contribution in [0.4, 0.5) is 11.4 Å². The van der Waals surface area contributed by atoms with Gasteiger partial charge in [0.2, 0.25) is 0 Å². The molecule has 0 saturated heterocycles. The molecule has 0 heterocycles. The molecule has 2 N–H and O–H groups in total. The average Bonchev–Trinajstić information content (AvgIpc) is 2.35. The van der Waals surface area contributed by atoms with E-state index in [9.17, 15) is 14.9 Å². The molecular formula is C12H16N2O4S. The van der Waals surface area contributed by atoms with E-state index in [4.69, 9.17) is 5.11 Å². The third-order valence-electron chi connectivity index (χ3n) is 2.60. The summed E-state index contributed by atoms with van der Waals surface area (Å²) in [6.45, 7) is 1.91. The largest absolute Gasteiger partial charge is 0.478 e. The molecule has 19 heavy (non-hydrogen) atoms. The summed E-state index contributed by atoms with van der Waals surface area (Å²) in [5, 5.41) is 22.8. The van der Waals surface area contributed by atoms with Crippen molar-refractivity contribution in [2.24, 2.45) is 0 Å². The second kappa shape index (κ2) is 6.98. The van der Waals surface area contributed by atoms with Gasteiger partial charge in [-0.1, -0.05) is 0 Å². The Bertz CT molecular complexity index is 479. The van der Waals surface area contributed by atoms with Crippen molar-refractivity contribution in [1.82, 2.24) is 0 Å². The number of aromatic carboxylic acids is 1. The number of carboxylic acids is 1. The fourth-order valence-electron chi connectivity index (χ4n) is 1.58. The molecule has 0 aliphatic carbocycles. The van der Waals surface area contributed by atoms with Crippen molar-refractivity contribution in [1.29, 1.82) is 0 Å². The topological polar surface area (TPSA) is 92.5 Å². The van der Waals surface area contributed by atoms with E-state index in [1.165, 1.54) is 18.2 Å². The summed E-state index contributed by atoms with van der Waals surface area (Å²) >= 11 is 1.69. The lowest BCUT2D eigenvalue weighted by Crippen LogP contribution is -2.17. The molecule has 0 aliphatic rings. The molecule has 0 amide bonds. The number of carboxylic acid groups (broad SMARTS) is 1.